The zero-order valence-electron chi connectivity index (χ0n) is 27.3. The van der Waals surface area contributed by atoms with Crippen molar-refractivity contribution in [2.24, 2.45) is 0 Å². The van der Waals surface area contributed by atoms with Crippen molar-refractivity contribution in [3.8, 4) is 45.9 Å². The summed E-state index contributed by atoms with van der Waals surface area (Å²) < 4.78 is 2.40. The quantitative estimate of drug-likeness (QED) is 0.178. The third-order valence-corrected chi connectivity index (χ3v) is 9.83. The second kappa shape index (κ2) is 11.5. The van der Waals surface area contributed by atoms with Crippen LogP contribution in [0, 0.1) is 11.3 Å². The van der Waals surface area contributed by atoms with Gasteiger partial charge in [0.1, 0.15) is 0 Å². The van der Waals surface area contributed by atoms with E-state index in [4.69, 9.17) is 15.0 Å². The molecule has 0 unspecified atom stereocenters. The summed E-state index contributed by atoms with van der Waals surface area (Å²) in [5.41, 5.74) is 6.51. The van der Waals surface area contributed by atoms with Crippen LogP contribution in [-0.4, -0.2) is 19.5 Å². The highest BCUT2D eigenvalue weighted by Crippen LogP contribution is 2.44. The first kappa shape index (κ1) is 28.8. The van der Waals surface area contributed by atoms with Gasteiger partial charge in [-0.3, -0.25) is 0 Å². The van der Waals surface area contributed by atoms with Crippen LogP contribution in [0.2, 0.25) is 0 Å². The Balaban J connectivity index is 1.26. The summed E-state index contributed by atoms with van der Waals surface area (Å²) in [6.07, 6.45) is 0. The van der Waals surface area contributed by atoms with Crippen molar-refractivity contribution in [2.75, 3.05) is 0 Å². The molecule has 5 nitrogen and oxygen atoms in total. The van der Waals surface area contributed by atoms with Crippen molar-refractivity contribution in [1.82, 2.24) is 19.5 Å². The molecule has 0 fully saturated rings. The molecule has 0 aliphatic carbocycles. The minimum absolute atomic E-state index is 0.551. The van der Waals surface area contributed by atoms with E-state index >= 15 is 0 Å². The van der Waals surface area contributed by atoms with Crippen LogP contribution in [0.5, 0.6) is 0 Å². The molecule has 0 spiro atoms. The van der Waals surface area contributed by atoms with Gasteiger partial charge in [-0.05, 0) is 69.4 Å². The van der Waals surface area contributed by atoms with Crippen LogP contribution in [-0.2, 0) is 0 Å². The van der Waals surface area contributed by atoms with Crippen molar-refractivity contribution in [1.29, 1.82) is 5.26 Å². The van der Waals surface area contributed by atoms with Crippen LogP contribution in [0.4, 0.5) is 0 Å². The number of hydrogen-bond acceptors (Lipinski definition) is 4. The van der Waals surface area contributed by atoms with Gasteiger partial charge in [-0.25, -0.2) is 15.0 Å². The van der Waals surface area contributed by atoms with Gasteiger partial charge in [0, 0.05) is 38.5 Å². The molecule has 0 aliphatic heterocycles. The normalized spacial score (nSPS) is 11.5. The molecule has 10 rings (SSSR count). The number of nitriles is 1. The molecule has 0 radical (unpaired) electrons. The standard InChI is InChI=1S/C46H27N5/c47-28-29-21-23-32(24-22-29)45-48-44(31-12-2-1-3-13-31)49-46(50-45)33-14-10-15-34(27-33)51-40-20-9-8-19-38(40)42-37-18-7-6-17-36(37)41-35-16-5-4-11-30(35)25-26-39(41)43(42)51/h1-27H. The maximum atomic E-state index is 9.39. The molecule has 2 heterocycles. The molecule has 236 valence electrons. The molecular formula is C46H27N5. The highest BCUT2D eigenvalue weighted by Gasteiger charge is 2.21. The Morgan fingerprint density at radius 2 is 1.02 bits per heavy atom. The summed E-state index contributed by atoms with van der Waals surface area (Å²) in [7, 11) is 0. The molecule has 0 N–H and O–H groups in total. The molecule has 5 heteroatoms. The first-order valence-electron chi connectivity index (χ1n) is 16.9. The molecule has 10 aromatic rings. The van der Waals surface area contributed by atoms with Crippen LogP contribution in [0.25, 0.3) is 94.0 Å². The number of rotatable bonds is 4. The second-order valence-electron chi connectivity index (χ2n) is 12.7. The Bertz CT molecular complexity index is 3030. The van der Waals surface area contributed by atoms with E-state index in [1.165, 1.54) is 48.6 Å². The Morgan fingerprint density at radius 1 is 0.431 bits per heavy atom. The number of benzene rings is 8. The summed E-state index contributed by atoms with van der Waals surface area (Å²) >= 11 is 0. The predicted octanol–water partition coefficient (Wildman–Crippen LogP) is 11.3. The Labute approximate surface area is 293 Å². The maximum Gasteiger partial charge on any atom is 0.164 e. The first-order valence-corrected chi connectivity index (χ1v) is 16.9. The van der Waals surface area contributed by atoms with Gasteiger partial charge in [0.05, 0.1) is 22.7 Å². The smallest absolute Gasteiger partial charge is 0.164 e. The van der Waals surface area contributed by atoms with Gasteiger partial charge in [-0.1, -0.05) is 121 Å². The minimum Gasteiger partial charge on any atom is -0.309 e. The van der Waals surface area contributed by atoms with E-state index in [1.54, 1.807) is 12.1 Å². The zero-order valence-corrected chi connectivity index (χ0v) is 27.3. The van der Waals surface area contributed by atoms with E-state index < -0.39 is 0 Å². The van der Waals surface area contributed by atoms with Gasteiger partial charge in [0.2, 0.25) is 0 Å². The number of fused-ring (bicyclic) bond motifs is 10. The highest BCUT2D eigenvalue weighted by atomic mass is 15.0. The molecule has 0 bridgehead atoms. The number of para-hydroxylation sites is 1. The van der Waals surface area contributed by atoms with Crippen molar-refractivity contribution < 1.29 is 0 Å². The van der Waals surface area contributed by atoms with E-state index in [1.807, 2.05) is 42.5 Å². The van der Waals surface area contributed by atoms with Crippen LogP contribution in [0.1, 0.15) is 5.56 Å². The maximum absolute atomic E-state index is 9.39. The lowest BCUT2D eigenvalue weighted by atomic mass is 9.93. The van der Waals surface area contributed by atoms with Gasteiger partial charge in [-0.15, -0.1) is 0 Å². The lowest BCUT2D eigenvalue weighted by molar-refractivity contribution is 1.07. The van der Waals surface area contributed by atoms with E-state index in [-0.39, 0.29) is 0 Å². The van der Waals surface area contributed by atoms with Crippen molar-refractivity contribution >= 4 is 54.1 Å². The van der Waals surface area contributed by atoms with Gasteiger partial charge in [0.15, 0.2) is 17.5 Å². The molecule has 51 heavy (non-hydrogen) atoms. The van der Waals surface area contributed by atoms with Crippen LogP contribution in [0.3, 0.4) is 0 Å². The Kier molecular flexibility index (Phi) is 6.48. The number of hydrogen-bond donors (Lipinski definition) is 0. The largest absolute Gasteiger partial charge is 0.309 e. The topological polar surface area (TPSA) is 67.4 Å². The van der Waals surface area contributed by atoms with E-state index in [2.05, 4.69) is 120 Å². The fraction of sp³-hybridized carbons (Fsp3) is 0. The SMILES string of the molecule is N#Cc1ccc(-c2nc(-c3ccccc3)nc(-c3cccc(-n4c5ccccc5c5c6ccccc6c6c7ccccc7ccc6c54)c3)n2)cc1. The van der Waals surface area contributed by atoms with Crippen LogP contribution in [0.15, 0.2) is 164 Å². The lowest BCUT2D eigenvalue weighted by Gasteiger charge is -2.15. The molecule has 0 amide bonds. The van der Waals surface area contributed by atoms with Crippen LogP contribution < -0.4 is 0 Å². The van der Waals surface area contributed by atoms with Crippen molar-refractivity contribution in [3.05, 3.63) is 169 Å². The summed E-state index contributed by atoms with van der Waals surface area (Å²) in [4.78, 5) is 14.9. The first-order chi connectivity index (χ1) is 25.2. The molecule has 0 saturated heterocycles. The number of aromatic nitrogens is 4. The third-order valence-electron chi connectivity index (χ3n) is 9.83. The highest BCUT2D eigenvalue weighted by molar-refractivity contribution is 6.36. The summed E-state index contributed by atoms with van der Waals surface area (Å²) in [5.74, 6) is 1.72. The van der Waals surface area contributed by atoms with E-state index in [0.29, 0.717) is 23.0 Å². The average molecular weight is 650 g/mol. The number of nitrogens with zero attached hydrogens (tertiary/aromatic N) is 5. The van der Waals surface area contributed by atoms with Gasteiger partial charge < -0.3 is 4.57 Å². The molecule has 8 aromatic carbocycles. The fourth-order valence-electron chi connectivity index (χ4n) is 7.54. The molecular weight excluding hydrogens is 623 g/mol. The third kappa shape index (κ3) is 4.58. The van der Waals surface area contributed by atoms with E-state index in [9.17, 15) is 5.26 Å². The van der Waals surface area contributed by atoms with E-state index in [0.717, 1.165) is 27.9 Å². The molecule has 0 atom stereocenters. The summed E-state index contributed by atoms with van der Waals surface area (Å²) in [6, 6.07) is 58.7. The zero-order chi connectivity index (χ0) is 33.9. The average Bonchev–Trinajstić information content (AvgIpc) is 3.56. The minimum atomic E-state index is 0.551. The Morgan fingerprint density at radius 3 is 1.76 bits per heavy atom. The van der Waals surface area contributed by atoms with Crippen LogP contribution >= 0.6 is 0 Å². The van der Waals surface area contributed by atoms with Gasteiger partial charge in [0.25, 0.3) is 0 Å². The van der Waals surface area contributed by atoms with Crippen molar-refractivity contribution in [3.63, 3.8) is 0 Å². The monoisotopic (exact) mass is 649 g/mol. The second-order valence-corrected chi connectivity index (χ2v) is 12.7. The lowest BCUT2D eigenvalue weighted by Crippen LogP contribution is -2.01. The summed E-state index contributed by atoms with van der Waals surface area (Å²) in [6.45, 7) is 0. The summed E-state index contributed by atoms with van der Waals surface area (Å²) in [5, 5.41) is 19.3. The molecule has 0 aliphatic rings. The van der Waals surface area contributed by atoms with Crippen molar-refractivity contribution in [2.45, 2.75) is 0 Å². The van der Waals surface area contributed by atoms with Gasteiger partial charge in [-0.2, -0.15) is 5.26 Å². The fourth-order valence-corrected chi connectivity index (χ4v) is 7.54. The predicted molar refractivity (Wildman–Crippen MR) is 208 cm³/mol. The van der Waals surface area contributed by atoms with Gasteiger partial charge >= 0.3 is 0 Å². The molecule has 0 saturated carbocycles. The Hall–Kier alpha value is -7.16. The molecule has 2 aromatic heterocycles.